The molecule has 1 N–H and O–H groups in total. The van der Waals surface area contributed by atoms with Gasteiger partial charge in [0.2, 0.25) is 20.0 Å². The average molecular weight is 323 g/mol. The monoisotopic (exact) mass is 323 g/mol. The van der Waals surface area contributed by atoms with Gasteiger partial charge in [-0.2, -0.15) is 5.26 Å². The van der Waals surface area contributed by atoms with E-state index in [9.17, 15) is 16.8 Å². The minimum absolute atomic E-state index is 0.00805. The number of hydrogen-bond donors (Lipinski definition) is 1. The first-order chi connectivity index (χ1) is 8.69. The van der Waals surface area contributed by atoms with Crippen molar-refractivity contribution < 1.29 is 16.8 Å². The van der Waals surface area contributed by atoms with E-state index in [-0.39, 0.29) is 21.4 Å². The highest BCUT2D eigenvalue weighted by Crippen LogP contribution is 2.20. The summed E-state index contributed by atoms with van der Waals surface area (Å²) in [5.74, 6) is -0.324. The van der Waals surface area contributed by atoms with E-state index in [0.29, 0.717) is 0 Å². The Labute approximate surface area is 116 Å². The third-order valence-electron chi connectivity index (χ3n) is 2.16. The lowest BCUT2D eigenvalue weighted by Crippen LogP contribution is -2.33. The van der Waals surface area contributed by atoms with Crippen LogP contribution in [-0.4, -0.2) is 47.5 Å². The van der Waals surface area contributed by atoms with E-state index in [4.69, 9.17) is 5.26 Å². The van der Waals surface area contributed by atoms with Gasteiger partial charge in [-0.05, 0) is 12.1 Å². The maximum atomic E-state index is 11.8. The van der Waals surface area contributed by atoms with Crippen LogP contribution in [0.25, 0.3) is 0 Å². The molecule has 19 heavy (non-hydrogen) atoms. The van der Waals surface area contributed by atoms with Crippen LogP contribution in [0.5, 0.6) is 0 Å². The molecule has 1 heterocycles. The van der Waals surface area contributed by atoms with Gasteiger partial charge in [-0.15, -0.1) is 11.3 Å². The van der Waals surface area contributed by atoms with Gasteiger partial charge in [0.25, 0.3) is 0 Å². The normalized spacial score (nSPS) is 12.5. The van der Waals surface area contributed by atoms with Crippen molar-refractivity contribution in [1.29, 1.82) is 5.26 Å². The van der Waals surface area contributed by atoms with Gasteiger partial charge < -0.3 is 0 Å². The van der Waals surface area contributed by atoms with Crippen molar-refractivity contribution in [2.75, 3.05) is 26.4 Å². The molecule has 0 aliphatic heterocycles. The Morgan fingerprint density at radius 3 is 2.42 bits per heavy atom. The van der Waals surface area contributed by atoms with Crippen LogP contribution in [0.4, 0.5) is 0 Å². The number of hydrogen-bond acceptors (Lipinski definition) is 6. The van der Waals surface area contributed by atoms with Crippen molar-refractivity contribution in [3.05, 3.63) is 17.0 Å². The largest absolute Gasteiger partial charge is 0.250 e. The van der Waals surface area contributed by atoms with Crippen molar-refractivity contribution >= 4 is 31.4 Å². The molecule has 106 valence electrons. The fourth-order valence-electron chi connectivity index (χ4n) is 1.08. The lowest BCUT2D eigenvalue weighted by Gasteiger charge is -2.11. The van der Waals surface area contributed by atoms with Gasteiger partial charge >= 0.3 is 0 Å². The number of nitrogens with zero attached hydrogens (tertiary/aromatic N) is 2. The highest BCUT2D eigenvalue weighted by Gasteiger charge is 2.19. The predicted octanol–water partition coefficient (Wildman–Crippen LogP) is -0.211. The van der Waals surface area contributed by atoms with Crippen LogP contribution in [0.15, 0.2) is 16.3 Å². The van der Waals surface area contributed by atoms with E-state index in [0.717, 1.165) is 15.6 Å². The molecule has 7 nitrogen and oxygen atoms in total. The summed E-state index contributed by atoms with van der Waals surface area (Å²) in [5, 5.41) is 8.62. The van der Waals surface area contributed by atoms with E-state index in [1.807, 2.05) is 6.07 Å². The van der Waals surface area contributed by atoms with Gasteiger partial charge in [-0.3, -0.25) is 0 Å². The molecule has 0 aliphatic carbocycles. The number of nitrogens with one attached hydrogen (secondary N) is 1. The van der Waals surface area contributed by atoms with Crippen LogP contribution in [0, 0.1) is 11.3 Å². The van der Waals surface area contributed by atoms with Crippen molar-refractivity contribution in [3.63, 3.8) is 0 Å². The molecule has 0 unspecified atom stereocenters. The number of thiophene rings is 1. The van der Waals surface area contributed by atoms with Crippen LogP contribution < -0.4 is 4.72 Å². The molecular weight excluding hydrogens is 310 g/mol. The lowest BCUT2D eigenvalue weighted by molar-refractivity contribution is 0.519. The van der Waals surface area contributed by atoms with Crippen LogP contribution in [0.3, 0.4) is 0 Å². The lowest BCUT2D eigenvalue weighted by atomic mass is 10.5. The van der Waals surface area contributed by atoms with Gasteiger partial charge in [0, 0.05) is 20.6 Å². The molecule has 0 saturated heterocycles. The summed E-state index contributed by atoms with van der Waals surface area (Å²) in [6.07, 6.45) is 0. The Bertz CT molecular complexity index is 683. The molecule has 1 aromatic rings. The minimum Gasteiger partial charge on any atom is -0.212 e. The Hall–Kier alpha value is -0.990. The summed E-state index contributed by atoms with van der Waals surface area (Å²) in [4.78, 5) is 0.279. The molecule has 0 aliphatic rings. The first-order valence-electron chi connectivity index (χ1n) is 5.09. The molecule has 1 rings (SSSR count). The maximum absolute atomic E-state index is 11.8. The highest BCUT2D eigenvalue weighted by atomic mass is 32.2. The van der Waals surface area contributed by atoms with E-state index < -0.39 is 20.0 Å². The summed E-state index contributed by atoms with van der Waals surface area (Å²) >= 11 is 0.833. The van der Waals surface area contributed by atoms with E-state index in [1.54, 1.807) is 0 Å². The van der Waals surface area contributed by atoms with Crippen LogP contribution in [-0.2, 0) is 20.0 Å². The molecule has 1 aromatic heterocycles. The Morgan fingerprint density at radius 1 is 1.32 bits per heavy atom. The van der Waals surface area contributed by atoms with Crippen molar-refractivity contribution in [1.82, 2.24) is 9.03 Å². The summed E-state index contributed by atoms with van der Waals surface area (Å²) in [6, 6.07) is 4.55. The summed E-state index contributed by atoms with van der Waals surface area (Å²) in [5.41, 5.74) is 0. The maximum Gasteiger partial charge on any atom is 0.250 e. The molecule has 0 saturated carbocycles. The summed E-state index contributed by atoms with van der Waals surface area (Å²) in [6.45, 7) is -0.220. The second-order valence-corrected chi connectivity index (χ2v) is 9.11. The van der Waals surface area contributed by atoms with Crippen LogP contribution in [0.1, 0.15) is 4.88 Å². The van der Waals surface area contributed by atoms with Crippen molar-refractivity contribution in [2.24, 2.45) is 0 Å². The zero-order valence-electron chi connectivity index (χ0n) is 10.3. The van der Waals surface area contributed by atoms with E-state index >= 15 is 0 Å². The van der Waals surface area contributed by atoms with E-state index in [1.165, 1.54) is 26.2 Å². The van der Waals surface area contributed by atoms with Crippen LogP contribution >= 0.6 is 11.3 Å². The number of nitriles is 1. The van der Waals surface area contributed by atoms with Crippen molar-refractivity contribution in [2.45, 2.75) is 4.21 Å². The minimum atomic E-state index is -3.76. The Morgan fingerprint density at radius 2 is 1.95 bits per heavy atom. The van der Waals surface area contributed by atoms with Gasteiger partial charge in [0.1, 0.15) is 15.2 Å². The zero-order valence-corrected chi connectivity index (χ0v) is 12.8. The summed E-state index contributed by atoms with van der Waals surface area (Å²) in [7, 11) is -4.45. The van der Waals surface area contributed by atoms with E-state index in [2.05, 4.69) is 4.72 Å². The Balaban J connectivity index is 2.70. The second-order valence-electron chi connectivity index (χ2n) is 3.73. The Kier molecular flexibility index (Phi) is 5.05. The molecular formula is C9H13N3O4S3. The molecule has 0 fully saturated rings. The van der Waals surface area contributed by atoms with Crippen LogP contribution in [0.2, 0.25) is 0 Å². The first kappa shape index (κ1) is 16.1. The molecule has 0 spiro atoms. The van der Waals surface area contributed by atoms with Gasteiger partial charge in [-0.1, -0.05) is 0 Å². The van der Waals surface area contributed by atoms with Crippen molar-refractivity contribution in [3.8, 4) is 6.07 Å². The molecule has 10 heteroatoms. The molecule has 0 amide bonds. The standard InChI is InChI=1S/C9H13N3O4S3/c1-12(2)18(13,14)6-5-11-19(15,16)9-4-3-8(7-10)17-9/h3-4,11H,5-6H2,1-2H3. The molecule has 0 bridgehead atoms. The SMILES string of the molecule is CN(C)S(=O)(=O)CCNS(=O)(=O)c1ccc(C#N)s1. The fourth-order valence-corrected chi connectivity index (χ4v) is 4.12. The summed E-state index contributed by atoms with van der Waals surface area (Å²) < 4.78 is 49.7. The highest BCUT2D eigenvalue weighted by molar-refractivity contribution is 7.91. The third kappa shape index (κ3) is 4.26. The third-order valence-corrected chi connectivity index (χ3v) is 6.94. The van der Waals surface area contributed by atoms with Gasteiger partial charge in [0.15, 0.2) is 0 Å². The predicted molar refractivity (Wildman–Crippen MR) is 71.7 cm³/mol. The zero-order chi connectivity index (χ0) is 14.7. The smallest absolute Gasteiger partial charge is 0.212 e. The topological polar surface area (TPSA) is 107 Å². The van der Waals surface area contributed by atoms with Gasteiger partial charge in [-0.25, -0.2) is 25.9 Å². The van der Waals surface area contributed by atoms with Gasteiger partial charge in [0.05, 0.1) is 5.75 Å². The first-order valence-corrected chi connectivity index (χ1v) is 9.00. The fraction of sp³-hybridized carbons (Fsp3) is 0.444. The number of rotatable bonds is 6. The number of sulfonamides is 2. The average Bonchev–Trinajstić information content (AvgIpc) is 2.77. The quantitative estimate of drug-likeness (QED) is 0.779. The second kappa shape index (κ2) is 5.98. The molecule has 0 atom stereocenters. The molecule has 0 aromatic carbocycles. The molecule has 0 radical (unpaired) electrons.